The van der Waals surface area contributed by atoms with Crippen molar-refractivity contribution in [3.05, 3.63) is 64.0 Å². The van der Waals surface area contributed by atoms with Gasteiger partial charge in [-0.3, -0.25) is 14.6 Å². The van der Waals surface area contributed by atoms with Crippen molar-refractivity contribution in [1.82, 2.24) is 9.80 Å². The van der Waals surface area contributed by atoms with Gasteiger partial charge in [0.15, 0.2) is 11.5 Å². The van der Waals surface area contributed by atoms with Crippen molar-refractivity contribution in [3.8, 4) is 11.5 Å². The van der Waals surface area contributed by atoms with E-state index in [4.69, 9.17) is 13.9 Å². The number of methoxy groups -OCH3 is 2. The molecule has 0 aliphatic carbocycles. The van der Waals surface area contributed by atoms with E-state index in [9.17, 15) is 9.59 Å². The normalized spacial score (nSPS) is 14.9. The summed E-state index contributed by atoms with van der Waals surface area (Å²) in [6, 6.07) is 12.8. The number of nitrogens with one attached hydrogen (secondary N) is 1. The van der Waals surface area contributed by atoms with Gasteiger partial charge in [-0.2, -0.15) is 0 Å². The first-order chi connectivity index (χ1) is 15.9. The van der Waals surface area contributed by atoms with Crippen LogP contribution in [0.15, 0.2) is 51.7 Å². The SMILES string of the molecule is COc1ccc(NC(=O)CN2CCN(Cc3cc(=O)oc4cc(C)ccc34)CC2)cc1OC. The Kier molecular flexibility index (Phi) is 6.96. The number of nitrogens with zero attached hydrogens (tertiary/aromatic N) is 2. The van der Waals surface area contributed by atoms with E-state index in [2.05, 4.69) is 15.1 Å². The summed E-state index contributed by atoms with van der Waals surface area (Å²) in [4.78, 5) is 29.0. The molecule has 0 atom stereocenters. The van der Waals surface area contributed by atoms with Crippen molar-refractivity contribution in [2.75, 3.05) is 52.3 Å². The Labute approximate surface area is 192 Å². The fourth-order valence-corrected chi connectivity index (χ4v) is 4.13. The van der Waals surface area contributed by atoms with Crippen molar-refractivity contribution < 1.29 is 18.7 Å². The van der Waals surface area contributed by atoms with Crippen molar-refractivity contribution in [2.24, 2.45) is 0 Å². The number of amides is 1. The van der Waals surface area contributed by atoms with E-state index < -0.39 is 0 Å². The quantitative estimate of drug-likeness (QED) is 0.553. The van der Waals surface area contributed by atoms with E-state index in [0.717, 1.165) is 42.7 Å². The monoisotopic (exact) mass is 451 g/mol. The molecule has 1 saturated heterocycles. The zero-order valence-corrected chi connectivity index (χ0v) is 19.2. The maximum Gasteiger partial charge on any atom is 0.336 e. The van der Waals surface area contributed by atoms with Crippen LogP contribution in [0.4, 0.5) is 5.69 Å². The highest BCUT2D eigenvalue weighted by Gasteiger charge is 2.20. The molecule has 8 nitrogen and oxygen atoms in total. The lowest BCUT2D eigenvalue weighted by atomic mass is 10.1. The molecule has 1 fully saturated rings. The van der Waals surface area contributed by atoms with Crippen molar-refractivity contribution >= 4 is 22.6 Å². The van der Waals surface area contributed by atoms with Crippen molar-refractivity contribution in [3.63, 3.8) is 0 Å². The maximum absolute atomic E-state index is 12.5. The second-order valence-electron chi connectivity index (χ2n) is 8.26. The molecule has 174 valence electrons. The van der Waals surface area contributed by atoms with Gasteiger partial charge in [0.25, 0.3) is 0 Å². The molecule has 1 N–H and O–H groups in total. The molecule has 4 rings (SSSR count). The first kappa shape index (κ1) is 22.8. The zero-order chi connectivity index (χ0) is 23.4. The van der Waals surface area contributed by atoms with E-state index in [-0.39, 0.29) is 11.5 Å². The van der Waals surface area contributed by atoms with Crippen molar-refractivity contribution in [2.45, 2.75) is 13.5 Å². The minimum Gasteiger partial charge on any atom is -0.493 e. The largest absolute Gasteiger partial charge is 0.493 e. The molecule has 2 heterocycles. The Morgan fingerprint density at radius 3 is 2.42 bits per heavy atom. The number of carbonyl (C=O) groups excluding carboxylic acids is 1. The third kappa shape index (κ3) is 5.53. The highest BCUT2D eigenvalue weighted by Crippen LogP contribution is 2.29. The number of ether oxygens (including phenoxy) is 2. The summed E-state index contributed by atoms with van der Waals surface area (Å²) in [6.45, 7) is 6.16. The number of benzene rings is 2. The van der Waals surface area contributed by atoms with E-state index in [1.807, 2.05) is 25.1 Å². The number of rotatable bonds is 7. The van der Waals surface area contributed by atoms with Gasteiger partial charge in [0.1, 0.15) is 5.58 Å². The number of carbonyl (C=O) groups is 1. The Morgan fingerprint density at radius 2 is 1.70 bits per heavy atom. The average molecular weight is 452 g/mol. The maximum atomic E-state index is 12.5. The van der Waals surface area contributed by atoms with Gasteiger partial charge in [0.2, 0.25) is 5.91 Å². The van der Waals surface area contributed by atoms with Crippen LogP contribution >= 0.6 is 0 Å². The molecule has 0 unspecified atom stereocenters. The summed E-state index contributed by atoms with van der Waals surface area (Å²) >= 11 is 0. The highest BCUT2D eigenvalue weighted by molar-refractivity contribution is 5.92. The number of anilines is 1. The van der Waals surface area contributed by atoms with Crippen LogP contribution in [0, 0.1) is 6.92 Å². The number of fused-ring (bicyclic) bond motifs is 1. The Morgan fingerprint density at radius 1 is 0.970 bits per heavy atom. The lowest BCUT2D eigenvalue weighted by Crippen LogP contribution is -2.48. The molecule has 1 amide bonds. The summed E-state index contributed by atoms with van der Waals surface area (Å²) in [7, 11) is 3.14. The molecular formula is C25H29N3O5. The number of aryl methyl sites for hydroxylation is 1. The summed E-state index contributed by atoms with van der Waals surface area (Å²) in [5.41, 5.74) is 3.00. The van der Waals surface area contributed by atoms with Crippen LogP contribution in [0.5, 0.6) is 11.5 Å². The van der Waals surface area contributed by atoms with Crippen LogP contribution < -0.4 is 20.4 Å². The predicted molar refractivity (Wildman–Crippen MR) is 127 cm³/mol. The first-order valence-electron chi connectivity index (χ1n) is 10.9. The van der Waals surface area contributed by atoms with Gasteiger partial charge in [0.05, 0.1) is 20.8 Å². The van der Waals surface area contributed by atoms with E-state index in [0.29, 0.717) is 35.9 Å². The minimum atomic E-state index is -0.325. The molecule has 1 aromatic heterocycles. The molecule has 3 aromatic rings. The van der Waals surface area contributed by atoms with Crippen LogP contribution in [0.2, 0.25) is 0 Å². The minimum absolute atomic E-state index is 0.0716. The third-order valence-corrected chi connectivity index (χ3v) is 5.88. The summed E-state index contributed by atoms with van der Waals surface area (Å²) in [5.74, 6) is 1.12. The van der Waals surface area contributed by atoms with Gasteiger partial charge >= 0.3 is 5.63 Å². The van der Waals surface area contributed by atoms with Gasteiger partial charge in [-0.1, -0.05) is 12.1 Å². The van der Waals surface area contributed by atoms with E-state index in [1.54, 1.807) is 38.5 Å². The molecule has 33 heavy (non-hydrogen) atoms. The van der Waals surface area contributed by atoms with E-state index >= 15 is 0 Å². The van der Waals surface area contributed by atoms with Gasteiger partial charge in [-0.15, -0.1) is 0 Å². The van der Waals surface area contributed by atoms with E-state index in [1.165, 1.54) is 0 Å². The highest BCUT2D eigenvalue weighted by atomic mass is 16.5. The smallest absolute Gasteiger partial charge is 0.336 e. The van der Waals surface area contributed by atoms with Gasteiger partial charge in [0, 0.05) is 55.9 Å². The molecule has 0 radical (unpaired) electrons. The van der Waals surface area contributed by atoms with Crippen LogP contribution in [-0.2, 0) is 11.3 Å². The Bertz CT molecular complexity index is 1200. The average Bonchev–Trinajstić information content (AvgIpc) is 2.79. The lowest BCUT2D eigenvalue weighted by Gasteiger charge is -2.34. The molecule has 2 aromatic carbocycles. The third-order valence-electron chi connectivity index (χ3n) is 5.88. The lowest BCUT2D eigenvalue weighted by molar-refractivity contribution is -0.117. The second kappa shape index (κ2) is 10.1. The Balaban J connectivity index is 1.32. The first-order valence-corrected chi connectivity index (χ1v) is 10.9. The topological polar surface area (TPSA) is 84.3 Å². The Hall–Kier alpha value is -3.36. The van der Waals surface area contributed by atoms with Crippen LogP contribution in [0.3, 0.4) is 0 Å². The zero-order valence-electron chi connectivity index (χ0n) is 19.2. The summed E-state index contributed by atoms with van der Waals surface area (Å²) in [5, 5.41) is 3.89. The molecule has 0 spiro atoms. The van der Waals surface area contributed by atoms with Gasteiger partial charge < -0.3 is 19.2 Å². The fourth-order valence-electron chi connectivity index (χ4n) is 4.13. The van der Waals surface area contributed by atoms with Crippen LogP contribution in [0.25, 0.3) is 11.0 Å². The summed E-state index contributed by atoms with van der Waals surface area (Å²) < 4.78 is 15.9. The molecule has 0 bridgehead atoms. The molecule has 1 aliphatic rings. The predicted octanol–water partition coefficient (Wildman–Crippen LogP) is 2.87. The standard InChI is InChI=1S/C25H29N3O5/c1-17-4-6-20-18(13-25(30)33-22(20)12-17)15-27-8-10-28(11-9-27)16-24(29)26-19-5-7-21(31-2)23(14-19)32-3/h4-7,12-14H,8-11,15-16H2,1-3H3,(H,26,29). The molecule has 0 saturated carbocycles. The van der Waals surface area contributed by atoms with Crippen LogP contribution in [-0.4, -0.2) is 62.7 Å². The fraction of sp³-hybridized carbons (Fsp3) is 0.360. The van der Waals surface area contributed by atoms with Gasteiger partial charge in [-0.25, -0.2) is 4.79 Å². The van der Waals surface area contributed by atoms with Gasteiger partial charge in [-0.05, 0) is 36.2 Å². The second-order valence-corrected chi connectivity index (χ2v) is 8.26. The molecule has 8 heteroatoms. The molecular weight excluding hydrogens is 422 g/mol. The number of hydrogen-bond donors (Lipinski definition) is 1. The number of hydrogen-bond acceptors (Lipinski definition) is 7. The number of piperazine rings is 1. The molecule has 1 aliphatic heterocycles. The van der Waals surface area contributed by atoms with Crippen molar-refractivity contribution in [1.29, 1.82) is 0 Å². The summed E-state index contributed by atoms with van der Waals surface area (Å²) in [6.07, 6.45) is 0. The van der Waals surface area contributed by atoms with Crippen LogP contribution in [0.1, 0.15) is 11.1 Å².